The molecule has 2 rings (SSSR count). The van der Waals surface area contributed by atoms with Crippen LogP contribution >= 0.6 is 0 Å². The van der Waals surface area contributed by atoms with Crippen molar-refractivity contribution in [1.82, 2.24) is 15.1 Å². The fraction of sp³-hybridized carbons (Fsp3) is 0.312. The van der Waals surface area contributed by atoms with Gasteiger partial charge < -0.3 is 10.1 Å². The molecule has 0 radical (unpaired) electrons. The molecule has 22 heavy (non-hydrogen) atoms. The summed E-state index contributed by atoms with van der Waals surface area (Å²) in [4.78, 5) is 23.8. The Bertz CT molecular complexity index is 683. The molecule has 1 heterocycles. The Morgan fingerprint density at radius 3 is 2.73 bits per heavy atom. The SMILES string of the molecule is Cc1ccc(=O)n([C@@H](C)C(=O)NCCOc2ccccc2)n1. The third kappa shape index (κ3) is 4.18. The number of aromatic nitrogens is 2. The van der Waals surface area contributed by atoms with Gasteiger partial charge in [0.1, 0.15) is 18.4 Å². The molecule has 1 N–H and O–H groups in total. The van der Waals surface area contributed by atoms with Crippen LogP contribution in [0.25, 0.3) is 0 Å². The van der Waals surface area contributed by atoms with E-state index in [0.717, 1.165) is 5.75 Å². The summed E-state index contributed by atoms with van der Waals surface area (Å²) in [5.41, 5.74) is 0.389. The lowest BCUT2D eigenvalue weighted by molar-refractivity contribution is -0.124. The maximum absolute atomic E-state index is 12.1. The number of hydrogen-bond donors (Lipinski definition) is 1. The van der Waals surface area contributed by atoms with Gasteiger partial charge in [-0.15, -0.1) is 0 Å². The predicted molar refractivity (Wildman–Crippen MR) is 82.9 cm³/mol. The van der Waals surface area contributed by atoms with Gasteiger partial charge in [-0.3, -0.25) is 9.59 Å². The number of aryl methyl sites for hydroxylation is 1. The summed E-state index contributed by atoms with van der Waals surface area (Å²) in [6.45, 7) is 4.13. The number of carbonyl (C=O) groups excluding carboxylic acids is 1. The van der Waals surface area contributed by atoms with Gasteiger partial charge in [0.2, 0.25) is 5.91 Å². The van der Waals surface area contributed by atoms with Crippen LogP contribution in [0.3, 0.4) is 0 Å². The van der Waals surface area contributed by atoms with Crippen LogP contribution in [-0.2, 0) is 4.79 Å². The average Bonchev–Trinajstić information content (AvgIpc) is 2.54. The number of nitrogens with zero attached hydrogens (tertiary/aromatic N) is 2. The van der Waals surface area contributed by atoms with Gasteiger partial charge in [-0.25, -0.2) is 4.68 Å². The molecule has 0 saturated heterocycles. The minimum atomic E-state index is -0.663. The van der Waals surface area contributed by atoms with E-state index in [9.17, 15) is 9.59 Å². The molecule has 116 valence electrons. The third-order valence-corrected chi connectivity index (χ3v) is 3.12. The van der Waals surface area contributed by atoms with E-state index in [1.54, 1.807) is 19.9 Å². The highest BCUT2D eigenvalue weighted by Gasteiger charge is 2.16. The fourth-order valence-electron chi connectivity index (χ4n) is 1.92. The molecule has 0 fully saturated rings. The van der Waals surface area contributed by atoms with E-state index in [-0.39, 0.29) is 11.5 Å². The standard InChI is InChI=1S/C16H19N3O3/c1-12-8-9-15(20)19(18-12)13(2)16(21)17-10-11-22-14-6-4-3-5-7-14/h3-9,13H,10-11H2,1-2H3,(H,17,21)/t13-/m0/s1. The first kappa shape index (κ1) is 15.8. The summed E-state index contributed by atoms with van der Waals surface area (Å²) in [7, 11) is 0. The van der Waals surface area contributed by atoms with Gasteiger partial charge in [-0.05, 0) is 32.0 Å². The molecule has 6 heteroatoms. The molecular weight excluding hydrogens is 282 g/mol. The van der Waals surface area contributed by atoms with Crippen LogP contribution in [0, 0.1) is 6.92 Å². The number of rotatable bonds is 6. The van der Waals surface area contributed by atoms with Crippen LogP contribution in [0.15, 0.2) is 47.3 Å². The van der Waals surface area contributed by atoms with E-state index in [2.05, 4.69) is 10.4 Å². The van der Waals surface area contributed by atoms with Crippen LogP contribution < -0.4 is 15.6 Å². The van der Waals surface area contributed by atoms with Crippen molar-refractivity contribution in [3.8, 4) is 5.75 Å². The number of amides is 1. The Kier molecular flexibility index (Phi) is 5.30. The largest absolute Gasteiger partial charge is 0.492 e. The molecule has 6 nitrogen and oxygen atoms in total. The molecule has 2 aromatic rings. The highest BCUT2D eigenvalue weighted by atomic mass is 16.5. The molecule has 0 bridgehead atoms. The number of carbonyl (C=O) groups is 1. The van der Waals surface area contributed by atoms with Crippen molar-refractivity contribution in [3.63, 3.8) is 0 Å². The minimum Gasteiger partial charge on any atom is -0.492 e. The number of ether oxygens (including phenoxy) is 1. The van der Waals surface area contributed by atoms with Crippen molar-refractivity contribution in [1.29, 1.82) is 0 Å². The predicted octanol–water partition coefficient (Wildman–Crippen LogP) is 1.31. The smallest absolute Gasteiger partial charge is 0.267 e. The number of benzene rings is 1. The molecule has 0 aliphatic rings. The van der Waals surface area contributed by atoms with Gasteiger partial charge >= 0.3 is 0 Å². The molecular formula is C16H19N3O3. The second-order valence-electron chi connectivity index (χ2n) is 4.89. The normalized spacial score (nSPS) is 11.7. The highest BCUT2D eigenvalue weighted by molar-refractivity contribution is 5.79. The monoisotopic (exact) mass is 301 g/mol. The first-order valence-corrected chi connectivity index (χ1v) is 7.10. The lowest BCUT2D eigenvalue weighted by Crippen LogP contribution is -2.38. The maximum Gasteiger partial charge on any atom is 0.267 e. The first-order valence-electron chi connectivity index (χ1n) is 7.10. The summed E-state index contributed by atoms with van der Waals surface area (Å²) in [5.74, 6) is 0.484. The molecule has 0 aliphatic carbocycles. The van der Waals surface area contributed by atoms with E-state index in [1.807, 2.05) is 30.3 Å². The number of hydrogen-bond acceptors (Lipinski definition) is 4. The average molecular weight is 301 g/mol. The Balaban J connectivity index is 1.84. The molecule has 1 amide bonds. The van der Waals surface area contributed by atoms with Crippen LogP contribution in [0.1, 0.15) is 18.7 Å². The van der Waals surface area contributed by atoms with Crippen molar-refractivity contribution in [2.45, 2.75) is 19.9 Å². The molecule has 1 aromatic heterocycles. The lowest BCUT2D eigenvalue weighted by atomic mass is 10.3. The van der Waals surface area contributed by atoms with Gasteiger partial charge in [-0.1, -0.05) is 18.2 Å². The van der Waals surface area contributed by atoms with E-state index in [1.165, 1.54) is 10.7 Å². The van der Waals surface area contributed by atoms with Crippen molar-refractivity contribution in [2.24, 2.45) is 0 Å². The Hall–Kier alpha value is -2.63. The van der Waals surface area contributed by atoms with Gasteiger partial charge in [-0.2, -0.15) is 5.10 Å². The Morgan fingerprint density at radius 2 is 2.00 bits per heavy atom. The molecule has 1 atom stereocenters. The molecule has 1 aromatic carbocycles. The maximum atomic E-state index is 12.1. The summed E-state index contributed by atoms with van der Waals surface area (Å²) < 4.78 is 6.67. The van der Waals surface area contributed by atoms with Gasteiger partial charge in [0, 0.05) is 6.07 Å². The quantitative estimate of drug-likeness (QED) is 0.816. The zero-order valence-corrected chi connectivity index (χ0v) is 12.7. The summed E-state index contributed by atoms with van der Waals surface area (Å²) >= 11 is 0. The van der Waals surface area contributed by atoms with E-state index >= 15 is 0 Å². The first-order chi connectivity index (χ1) is 10.6. The second kappa shape index (κ2) is 7.40. The van der Waals surface area contributed by atoms with Crippen LogP contribution in [0.5, 0.6) is 5.75 Å². The van der Waals surface area contributed by atoms with Crippen molar-refractivity contribution < 1.29 is 9.53 Å². The van der Waals surface area contributed by atoms with Crippen LogP contribution in [0.4, 0.5) is 0 Å². The van der Waals surface area contributed by atoms with Gasteiger partial charge in [0.15, 0.2) is 0 Å². The van der Waals surface area contributed by atoms with Crippen LogP contribution in [-0.4, -0.2) is 28.8 Å². The zero-order chi connectivity index (χ0) is 15.9. The molecule has 0 aliphatic heterocycles. The topological polar surface area (TPSA) is 73.2 Å². The minimum absolute atomic E-state index is 0.267. The summed E-state index contributed by atoms with van der Waals surface area (Å²) in [5, 5.41) is 6.82. The number of nitrogens with one attached hydrogen (secondary N) is 1. The van der Waals surface area contributed by atoms with Gasteiger partial charge in [0.05, 0.1) is 12.2 Å². The van der Waals surface area contributed by atoms with Crippen molar-refractivity contribution >= 4 is 5.91 Å². The molecule has 0 spiro atoms. The Labute approximate surface area is 128 Å². The van der Waals surface area contributed by atoms with Crippen LogP contribution in [0.2, 0.25) is 0 Å². The lowest BCUT2D eigenvalue weighted by Gasteiger charge is -2.14. The van der Waals surface area contributed by atoms with E-state index < -0.39 is 6.04 Å². The van der Waals surface area contributed by atoms with Gasteiger partial charge in [0.25, 0.3) is 5.56 Å². The van der Waals surface area contributed by atoms with E-state index in [4.69, 9.17) is 4.74 Å². The zero-order valence-electron chi connectivity index (χ0n) is 12.7. The van der Waals surface area contributed by atoms with E-state index in [0.29, 0.717) is 18.8 Å². The summed E-state index contributed by atoms with van der Waals surface area (Å²) in [6, 6.07) is 11.7. The Morgan fingerprint density at radius 1 is 1.27 bits per heavy atom. The van der Waals surface area contributed by atoms with Crippen molar-refractivity contribution in [3.05, 3.63) is 58.5 Å². The molecule has 0 unspecified atom stereocenters. The summed E-state index contributed by atoms with van der Waals surface area (Å²) in [6.07, 6.45) is 0. The third-order valence-electron chi connectivity index (χ3n) is 3.12. The number of para-hydroxylation sites is 1. The second-order valence-corrected chi connectivity index (χ2v) is 4.89. The highest BCUT2D eigenvalue weighted by Crippen LogP contribution is 2.07. The molecule has 0 saturated carbocycles. The van der Waals surface area contributed by atoms with Crippen molar-refractivity contribution in [2.75, 3.05) is 13.2 Å². The fourth-order valence-corrected chi connectivity index (χ4v) is 1.92.